The molecule has 0 N–H and O–H groups in total. The van der Waals surface area contributed by atoms with Gasteiger partial charge in [0, 0.05) is 25.3 Å². The second kappa shape index (κ2) is 5.48. The quantitative estimate of drug-likeness (QED) is 0.781. The fourth-order valence-corrected chi connectivity index (χ4v) is 3.49. The van der Waals surface area contributed by atoms with Gasteiger partial charge in [-0.1, -0.05) is 36.4 Å². The minimum Gasteiger partial charge on any atom is -0.324 e. The van der Waals surface area contributed by atoms with Crippen LogP contribution in [0, 0.1) is 0 Å². The van der Waals surface area contributed by atoms with E-state index in [1.54, 1.807) is 0 Å². The van der Waals surface area contributed by atoms with Gasteiger partial charge in [0.1, 0.15) is 0 Å². The fourth-order valence-electron chi connectivity index (χ4n) is 3.49. The van der Waals surface area contributed by atoms with E-state index in [4.69, 9.17) is 0 Å². The van der Waals surface area contributed by atoms with Crippen LogP contribution in [0.25, 0.3) is 11.1 Å². The average molecular weight is 292 g/mol. The zero-order chi connectivity index (χ0) is 14.9. The maximum atomic E-state index is 12.6. The number of amides is 2. The molecule has 112 valence electrons. The van der Waals surface area contributed by atoms with Gasteiger partial charge in [-0.3, -0.25) is 4.90 Å². The summed E-state index contributed by atoms with van der Waals surface area (Å²) in [4.78, 5) is 16.6. The van der Waals surface area contributed by atoms with E-state index in [-0.39, 0.29) is 6.03 Å². The summed E-state index contributed by atoms with van der Waals surface area (Å²) in [5.74, 6) is 0. The summed E-state index contributed by atoms with van der Waals surface area (Å²) >= 11 is 0. The second-order valence-electron chi connectivity index (χ2n) is 6.09. The van der Waals surface area contributed by atoms with Gasteiger partial charge in [0.2, 0.25) is 0 Å². The van der Waals surface area contributed by atoms with Crippen LogP contribution in [0.15, 0.2) is 48.5 Å². The summed E-state index contributed by atoms with van der Waals surface area (Å²) in [6, 6.07) is 17.1. The van der Waals surface area contributed by atoms with Gasteiger partial charge < -0.3 is 4.90 Å². The smallest absolute Gasteiger partial charge is 0.324 e. The number of anilines is 1. The highest BCUT2D eigenvalue weighted by Gasteiger charge is 2.29. The molecular weight excluding hydrogens is 272 g/mol. The Kier molecular flexibility index (Phi) is 3.34. The molecule has 1 saturated heterocycles. The normalized spacial score (nSPS) is 16.9. The van der Waals surface area contributed by atoms with Gasteiger partial charge in [0.15, 0.2) is 0 Å². The second-order valence-corrected chi connectivity index (χ2v) is 6.09. The van der Waals surface area contributed by atoms with E-state index in [1.807, 2.05) is 15.9 Å². The molecule has 2 aliphatic rings. The van der Waals surface area contributed by atoms with E-state index in [2.05, 4.69) is 42.5 Å². The number of carbonyl (C=O) groups is 1. The third-order valence-corrected chi connectivity index (χ3v) is 4.69. The first-order chi connectivity index (χ1) is 10.8. The van der Waals surface area contributed by atoms with Gasteiger partial charge in [0.25, 0.3) is 0 Å². The maximum absolute atomic E-state index is 12.6. The molecule has 0 aromatic heterocycles. The summed E-state index contributed by atoms with van der Waals surface area (Å²) in [6.45, 7) is 2.63. The number of benzene rings is 2. The Morgan fingerprint density at radius 2 is 1.64 bits per heavy atom. The van der Waals surface area contributed by atoms with Crippen molar-refractivity contribution in [1.82, 2.24) is 4.90 Å². The lowest BCUT2D eigenvalue weighted by molar-refractivity contribution is 0.216. The minimum absolute atomic E-state index is 0.184. The molecule has 2 aromatic rings. The minimum atomic E-state index is 0.184. The van der Waals surface area contributed by atoms with Crippen LogP contribution in [0.2, 0.25) is 0 Å². The zero-order valence-electron chi connectivity index (χ0n) is 12.7. The van der Waals surface area contributed by atoms with Crippen molar-refractivity contribution in [3.8, 4) is 11.1 Å². The lowest BCUT2D eigenvalue weighted by Crippen LogP contribution is -2.40. The number of hydrogen-bond acceptors (Lipinski definition) is 1. The van der Waals surface area contributed by atoms with Crippen LogP contribution in [-0.4, -0.2) is 30.6 Å². The van der Waals surface area contributed by atoms with Crippen LogP contribution in [0.4, 0.5) is 10.5 Å². The van der Waals surface area contributed by atoms with E-state index < -0.39 is 0 Å². The summed E-state index contributed by atoms with van der Waals surface area (Å²) in [5.41, 5.74) is 4.84. The van der Waals surface area contributed by atoms with Gasteiger partial charge in [0.05, 0.1) is 0 Å². The molecule has 0 spiro atoms. The number of urea groups is 1. The molecule has 0 atom stereocenters. The van der Waals surface area contributed by atoms with Gasteiger partial charge in [-0.25, -0.2) is 4.79 Å². The van der Waals surface area contributed by atoms with Crippen LogP contribution in [-0.2, 0) is 6.42 Å². The van der Waals surface area contributed by atoms with Gasteiger partial charge in [-0.05, 0) is 48.1 Å². The van der Waals surface area contributed by atoms with Crippen molar-refractivity contribution >= 4 is 11.7 Å². The van der Waals surface area contributed by atoms with Gasteiger partial charge >= 0.3 is 6.03 Å². The maximum Gasteiger partial charge on any atom is 0.324 e. The fraction of sp³-hybridized carbons (Fsp3) is 0.316. The lowest BCUT2D eigenvalue weighted by Gasteiger charge is -2.24. The van der Waals surface area contributed by atoms with Crippen molar-refractivity contribution in [1.29, 1.82) is 0 Å². The van der Waals surface area contributed by atoms with Crippen molar-refractivity contribution in [3.63, 3.8) is 0 Å². The number of hydrogen-bond donors (Lipinski definition) is 0. The van der Waals surface area contributed by atoms with Crippen molar-refractivity contribution in [2.24, 2.45) is 0 Å². The van der Waals surface area contributed by atoms with Crippen molar-refractivity contribution in [2.45, 2.75) is 19.3 Å². The van der Waals surface area contributed by atoms with E-state index >= 15 is 0 Å². The molecular formula is C19H20N2O. The van der Waals surface area contributed by atoms with E-state index in [0.29, 0.717) is 0 Å². The lowest BCUT2D eigenvalue weighted by atomic mass is 10.0. The first-order valence-electron chi connectivity index (χ1n) is 8.08. The molecule has 0 unspecified atom stereocenters. The summed E-state index contributed by atoms with van der Waals surface area (Å²) in [6.07, 6.45) is 3.23. The van der Waals surface area contributed by atoms with E-state index in [9.17, 15) is 4.79 Å². The molecule has 22 heavy (non-hydrogen) atoms. The van der Waals surface area contributed by atoms with Crippen molar-refractivity contribution < 1.29 is 4.79 Å². The van der Waals surface area contributed by atoms with Crippen LogP contribution in [0.5, 0.6) is 0 Å². The molecule has 0 aliphatic carbocycles. The molecule has 3 nitrogen and oxygen atoms in total. The molecule has 2 aromatic carbocycles. The summed E-state index contributed by atoms with van der Waals surface area (Å²) in [5, 5.41) is 0. The Labute approximate surface area is 131 Å². The number of likely N-dealkylation sites (tertiary alicyclic amines) is 1. The van der Waals surface area contributed by atoms with Crippen molar-refractivity contribution in [2.75, 3.05) is 24.5 Å². The van der Waals surface area contributed by atoms with Crippen LogP contribution >= 0.6 is 0 Å². The first-order valence-corrected chi connectivity index (χ1v) is 8.08. The first kappa shape index (κ1) is 13.4. The third kappa shape index (κ3) is 2.27. The standard InChI is InChI=1S/C19H20N2O/c22-19(20-11-4-5-12-20)21-13-10-17-14-16(8-9-18(17)21)15-6-2-1-3-7-15/h1-3,6-9,14H,4-5,10-13H2. The molecule has 0 saturated carbocycles. The Hall–Kier alpha value is -2.29. The molecule has 2 amide bonds. The van der Waals surface area contributed by atoms with Gasteiger partial charge in [-0.2, -0.15) is 0 Å². The zero-order valence-corrected chi connectivity index (χ0v) is 12.7. The van der Waals surface area contributed by atoms with Gasteiger partial charge in [-0.15, -0.1) is 0 Å². The number of nitrogens with zero attached hydrogens (tertiary/aromatic N) is 2. The topological polar surface area (TPSA) is 23.6 Å². The largest absolute Gasteiger partial charge is 0.324 e. The highest BCUT2D eigenvalue weighted by molar-refractivity contribution is 5.95. The molecule has 3 heteroatoms. The Morgan fingerprint density at radius 1 is 0.864 bits per heavy atom. The number of carbonyl (C=O) groups excluding carboxylic acids is 1. The molecule has 1 fully saturated rings. The predicted octanol–water partition coefficient (Wildman–Crippen LogP) is 3.93. The van der Waals surface area contributed by atoms with Crippen LogP contribution in [0.3, 0.4) is 0 Å². The SMILES string of the molecule is O=C(N1CCCC1)N1CCc2cc(-c3ccccc3)ccc21. The highest BCUT2D eigenvalue weighted by Crippen LogP contribution is 2.33. The Bertz CT molecular complexity index is 690. The summed E-state index contributed by atoms with van der Waals surface area (Å²) in [7, 11) is 0. The molecule has 2 heterocycles. The molecule has 0 radical (unpaired) electrons. The Balaban J connectivity index is 1.62. The molecule has 2 aliphatic heterocycles. The third-order valence-electron chi connectivity index (χ3n) is 4.69. The number of rotatable bonds is 1. The van der Waals surface area contributed by atoms with Crippen LogP contribution in [0.1, 0.15) is 18.4 Å². The monoisotopic (exact) mass is 292 g/mol. The number of fused-ring (bicyclic) bond motifs is 1. The molecule has 0 bridgehead atoms. The van der Waals surface area contributed by atoms with Crippen LogP contribution < -0.4 is 4.90 Å². The highest BCUT2D eigenvalue weighted by atomic mass is 16.2. The Morgan fingerprint density at radius 3 is 2.41 bits per heavy atom. The van der Waals surface area contributed by atoms with E-state index in [1.165, 1.54) is 16.7 Å². The molecule has 4 rings (SSSR count). The van der Waals surface area contributed by atoms with Crippen molar-refractivity contribution in [3.05, 3.63) is 54.1 Å². The summed E-state index contributed by atoms with van der Waals surface area (Å²) < 4.78 is 0. The average Bonchev–Trinajstić information content (AvgIpc) is 3.24. The predicted molar refractivity (Wildman–Crippen MR) is 89.1 cm³/mol. The van der Waals surface area contributed by atoms with E-state index in [0.717, 1.165) is 44.6 Å².